The van der Waals surface area contributed by atoms with E-state index in [2.05, 4.69) is 15.1 Å². The summed E-state index contributed by atoms with van der Waals surface area (Å²) >= 11 is 6.11. The van der Waals surface area contributed by atoms with Crippen molar-refractivity contribution in [2.24, 2.45) is 0 Å². The summed E-state index contributed by atoms with van der Waals surface area (Å²) in [5.74, 6) is -0.181. The number of benzene rings is 1. The van der Waals surface area contributed by atoms with Crippen LogP contribution in [-0.4, -0.2) is 41.8 Å². The van der Waals surface area contributed by atoms with Crippen LogP contribution in [0.15, 0.2) is 60.8 Å². The number of nitrogens with two attached hydrogens (primary N) is 1. The third-order valence-electron chi connectivity index (χ3n) is 5.75. The number of aromatic carboxylic acids is 1. The molecule has 4 aromatic heterocycles. The van der Waals surface area contributed by atoms with Gasteiger partial charge in [0.05, 0.1) is 40.0 Å². The van der Waals surface area contributed by atoms with Crippen molar-refractivity contribution in [2.45, 2.75) is 25.8 Å². The smallest absolute Gasteiger partial charge is 0.335 e. The molecule has 0 aliphatic rings. The van der Waals surface area contributed by atoms with Crippen molar-refractivity contribution in [1.82, 2.24) is 24.1 Å². The monoisotopic (exact) mass is 490 g/mol. The number of hydrogen-bond acceptors (Lipinski definition) is 6. The van der Waals surface area contributed by atoms with Crippen LogP contribution < -0.4 is 10.5 Å². The average molecular weight is 491 g/mol. The van der Waals surface area contributed by atoms with Crippen molar-refractivity contribution in [3.63, 3.8) is 0 Å². The second kappa shape index (κ2) is 9.63. The lowest BCUT2D eigenvalue weighted by molar-refractivity contribution is 0.0696. The van der Waals surface area contributed by atoms with Gasteiger partial charge < -0.3 is 20.1 Å². The molecule has 10 heteroatoms. The molecule has 9 nitrogen and oxygen atoms in total. The van der Waals surface area contributed by atoms with E-state index in [9.17, 15) is 9.90 Å². The number of aryl methyl sites for hydroxylation is 1. The Labute approximate surface area is 205 Å². The van der Waals surface area contributed by atoms with Crippen LogP contribution in [0.2, 0.25) is 5.15 Å². The lowest BCUT2D eigenvalue weighted by atomic mass is 10.1. The zero-order valence-corrected chi connectivity index (χ0v) is 19.5. The Kier molecular flexibility index (Phi) is 6.24. The number of fused-ring (bicyclic) bond motifs is 2. The first-order valence-corrected chi connectivity index (χ1v) is 11.6. The molecule has 0 aliphatic heterocycles. The van der Waals surface area contributed by atoms with Crippen molar-refractivity contribution in [3.05, 3.63) is 71.5 Å². The fourth-order valence-electron chi connectivity index (χ4n) is 4.11. The van der Waals surface area contributed by atoms with E-state index in [-0.39, 0.29) is 10.7 Å². The molecule has 3 N–H and O–H groups in total. The van der Waals surface area contributed by atoms with E-state index in [1.54, 1.807) is 10.7 Å². The maximum atomic E-state index is 11.5. The summed E-state index contributed by atoms with van der Waals surface area (Å²) in [6.45, 7) is 1.22. The Morgan fingerprint density at radius 2 is 1.83 bits per heavy atom. The summed E-state index contributed by atoms with van der Waals surface area (Å²) in [5, 5.41) is 14.1. The molecule has 0 saturated heterocycles. The van der Waals surface area contributed by atoms with Gasteiger partial charge in [-0.05, 0) is 55.7 Å². The SMILES string of the molecule is Nc1nc2ccccc2n1CCCCCOc1nn2ccccc2c1-c1cc(C(=O)O)cc(Cl)n1. The molecule has 0 spiro atoms. The zero-order chi connectivity index (χ0) is 24.4. The molecule has 4 heterocycles. The first kappa shape index (κ1) is 22.7. The molecule has 0 fully saturated rings. The maximum absolute atomic E-state index is 11.5. The van der Waals surface area contributed by atoms with E-state index >= 15 is 0 Å². The van der Waals surface area contributed by atoms with Gasteiger partial charge in [-0.3, -0.25) is 0 Å². The first-order chi connectivity index (χ1) is 17.0. The van der Waals surface area contributed by atoms with Crippen molar-refractivity contribution in [1.29, 1.82) is 0 Å². The maximum Gasteiger partial charge on any atom is 0.335 e. The fourth-order valence-corrected chi connectivity index (χ4v) is 4.32. The molecule has 0 bridgehead atoms. The van der Waals surface area contributed by atoms with Crippen LogP contribution in [0.3, 0.4) is 0 Å². The quantitative estimate of drug-likeness (QED) is 0.222. The molecule has 5 aromatic rings. The topological polar surface area (TPSA) is 121 Å². The first-order valence-electron chi connectivity index (χ1n) is 11.2. The van der Waals surface area contributed by atoms with Gasteiger partial charge in [0.2, 0.25) is 11.8 Å². The summed E-state index contributed by atoms with van der Waals surface area (Å²) in [5.41, 5.74) is 9.81. The number of pyridine rings is 2. The lowest BCUT2D eigenvalue weighted by Gasteiger charge is -2.08. The molecular formula is C25H23ClN6O3. The fraction of sp³-hybridized carbons (Fsp3) is 0.200. The van der Waals surface area contributed by atoms with E-state index in [1.807, 2.05) is 47.0 Å². The average Bonchev–Trinajstić information content (AvgIpc) is 3.37. The van der Waals surface area contributed by atoms with E-state index in [0.29, 0.717) is 29.7 Å². The number of carbonyl (C=O) groups is 1. The number of aromatic nitrogens is 5. The minimum atomic E-state index is -1.08. The van der Waals surface area contributed by atoms with Crippen LogP contribution in [0.5, 0.6) is 5.88 Å². The largest absolute Gasteiger partial charge is 0.478 e. The van der Waals surface area contributed by atoms with Crippen LogP contribution in [0.4, 0.5) is 5.95 Å². The van der Waals surface area contributed by atoms with Gasteiger partial charge in [0, 0.05) is 12.7 Å². The molecule has 178 valence electrons. The van der Waals surface area contributed by atoms with Gasteiger partial charge in [-0.2, -0.15) is 0 Å². The predicted molar refractivity (Wildman–Crippen MR) is 134 cm³/mol. The number of unbranched alkanes of at least 4 members (excludes halogenated alkanes) is 2. The van der Waals surface area contributed by atoms with Gasteiger partial charge in [-0.25, -0.2) is 19.3 Å². The number of para-hydroxylation sites is 2. The highest BCUT2D eigenvalue weighted by molar-refractivity contribution is 6.29. The molecule has 5 rings (SSSR count). The van der Waals surface area contributed by atoms with Gasteiger partial charge in [-0.1, -0.05) is 29.8 Å². The Hall–Kier alpha value is -4.11. The number of carboxylic acid groups (broad SMARTS) is 1. The highest BCUT2D eigenvalue weighted by atomic mass is 35.5. The Morgan fingerprint density at radius 1 is 1.03 bits per heavy atom. The molecule has 0 aliphatic carbocycles. The molecular weight excluding hydrogens is 468 g/mol. The van der Waals surface area contributed by atoms with Gasteiger partial charge in [0.25, 0.3) is 0 Å². The molecule has 35 heavy (non-hydrogen) atoms. The van der Waals surface area contributed by atoms with Crippen molar-refractivity contribution >= 4 is 40.1 Å². The van der Waals surface area contributed by atoms with Gasteiger partial charge in [-0.15, -0.1) is 5.10 Å². The van der Waals surface area contributed by atoms with Crippen molar-refractivity contribution in [2.75, 3.05) is 12.3 Å². The number of hydrogen-bond donors (Lipinski definition) is 2. The Balaban J connectivity index is 1.28. The predicted octanol–water partition coefficient (Wildman–Crippen LogP) is 4.93. The normalized spacial score (nSPS) is 11.3. The molecule has 0 atom stereocenters. The van der Waals surface area contributed by atoms with Crippen LogP contribution in [0.1, 0.15) is 29.6 Å². The molecule has 1 aromatic carbocycles. The number of rotatable bonds is 9. The van der Waals surface area contributed by atoms with E-state index in [4.69, 9.17) is 22.1 Å². The molecule has 0 unspecified atom stereocenters. The van der Waals surface area contributed by atoms with Crippen LogP contribution in [0.25, 0.3) is 27.8 Å². The van der Waals surface area contributed by atoms with Crippen LogP contribution >= 0.6 is 11.6 Å². The number of nitrogen functional groups attached to an aromatic ring is 1. The third-order valence-corrected chi connectivity index (χ3v) is 5.95. The summed E-state index contributed by atoms with van der Waals surface area (Å²) in [4.78, 5) is 20.3. The van der Waals surface area contributed by atoms with Gasteiger partial charge in [0.1, 0.15) is 5.15 Å². The van der Waals surface area contributed by atoms with Crippen LogP contribution in [0, 0.1) is 0 Å². The molecule has 0 saturated carbocycles. The number of carboxylic acids is 1. The highest BCUT2D eigenvalue weighted by Crippen LogP contribution is 2.34. The number of imidazole rings is 1. The lowest BCUT2D eigenvalue weighted by Crippen LogP contribution is -2.05. The standard InChI is InChI=1S/C25H23ClN6O3/c26-21-15-16(24(33)34)14-18(28-21)22-20-10-4-6-12-32(20)30-23(22)35-13-7-1-5-11-31-19-9-3-2-8-17(19)29-25(31)27/h2-4,6,8-10,12,14-15H,1,5,7,11,13H2,(H2,27,29)(H,33,34). The molecule has 0 amide bonds. The number of ether oxygens (including phenoxy) is 1. The second-order valence-corrected chi connectivity index (χ2v) is 8.49. The Bertz CT molecular complexity index is 1530. The van der Waals surface area contributed by atoms with Crippen LogP contribution in [-0.2, 0) is 6.54 Å². The number of anilines is 1. The minimum absolute atomic E-state index is 0.0486. The highest BCUT2D eigenvalue weighted by Gasteiger charge is 2.19. The van der Waals surface area contributed by atoms with Gasteiger partial charge in [0.15, 0.2) is 0 Å². The summed E-state index contributed by atoms with van der Waals surface area (Å²) in [7, 11) is 0. The Morgan fingerprint density at radius 3 is 2.69 bits per heavy atom. The number of nitrogens with zero attached hydrogens (tertiary/aromatic N) is 5. The summed E-state index contributed by atoms with van der Waals surface area (Å²) in [6, 6.07) is 16.3. The van der Waals surface area contributed by atoms with E-state index < -0.39 is 5.97 Å². The van der Waals surface area contributed by atoms with E-state index in [1.165, 1.54) is 12.1 Å². The van der Waals surface area contributed by atoms with Crippen molar-refractivity contribution < 1.29 is 14.6 Å². The minimum Gasteiger partial charge on any atom is -0.478 e. The second-order valence-electron chi connectivity index (χ2n) is 8.10. The third kappa shape index (κ3) is 4.63. The zero-order valence-electron chi connectivity index (χ0n) is 18.8. The molecule has 0 radical (unpaired) electrons. The summed E-state index contributed by atoms with van der Waals surface area (Å²) < 4.78 is 9.75. The number of halogens is 1. The van der Waals surface area contributed by atoms with Gasteiger partial charge >= 0.3 is 5.97 Å². The van der Waals surface area contributed by atoms with E-state index in [0.717, 1.165) is 42.4 Å². The summed E-state index contributed by atoms with van der Waals surface area (Å²) in [6.07, 6.45) is 4.45. The van der Waals surface area contributed by atoms with Crippen molar-refractivity contribution in [3.8, 4) is 17.1 Å².